The number of pyridine rings is 1. The minimum Gasteiger partial charge on any atom is -0.378 e. The van der Waals surface area contributed by atoms with Crippen molar-refractivity contribution in [1.82, 2.24) is 4.98 Å². The highest BCUT2D eigenvalue weighted by Crippen LogP contribution is 2.29. The molecule has 1 fully saturated rings. The molecule has 0 atom stereocenters. The molecule has 0 aliphatic carbocycles. The molecule has 1 amide bonds. The fraction of sp³-hybridized carbons (Fsp3) is 0.429. The van der Waals surface area contributed by atoms with Crippen LogP contribution >= 0.6 is 0 Å². The van der Waals surface area contributed by atoms with E-state index in [0.29, 0.717) is 5.82 Å². The topological polar surface area (TPSA) is 66.5 Å². The van der Waals surface area contributed by atoms with Crippen molar-refractivity contribution in [2.24, 2.45) is 5.92 Å². The number of para-hydroxylation sites is 2. The number of ether oxygens (including phenoxy) is 1. The predicted octanol–water partition coefficient (Wildman–Crippen LogP) is 4.04. The molecule has 1 aromatic carbocycles. The van der Waals surface area contributed by atoms with E-state index in [1.807, 2.05) is 38.1 Å². The van der Waals surface area contributed by atoms with E-state index in [9.17, 15) is 4.79 Å². The Morgan fingerprint density at radius 1 is 1.15 bits per heavy atom. The van der Waals surface area contributed by atoms with E-state index in [1.165, 1.54) is 0 Å². The molecule has 0 spiro atoms. The van der Waals surface area contributed by atoms with Crippen molar-refractivity contribution in [2.75, 3.05) is 41.8 Å². The summed E-state index contributed by atoms with van der Waals surface area (Å²) >= 11 is 0. The summed E-state index contributed by atoms with van der Waals surface area (Å²) in [6, 6.07) is 12.0. The van der Waals surface area contributed by atoms with E-state index in [4.69, 9.17) is 4.74 Å². The van der Waals surface area contributed by atoms with Crippen LogP contribution in [-0.2, 0) is 9.53 Å². The highest BCUT2D eigenvalue weighted by Gasteiger charge is 2.16. The van der Waals surface area contributed by atoms with Gasteiger partial charge in [0.15, 0.2) is 0 Å². The minimum atomic E-state index is 0.0324. The molecule has 0 bridgehead atoms. The number of nitrogens with zero attached hydrogens (tertiary/aromatic N) is 2. The molecule has 2 N–H and O–H groups in total. The van der Waals surface area contributed by atoms with Crippen molar-refractivity contribution in [3.05, 3.63) is 42.6 Å². The van der Waals surface area contributed by atoms with Gasteiger partial charge in [-0.2, -0.15) is 0 Å². The molecule has 2 aromatic rings. The summed E-state index contributed by atoms with van der Waals surface area (Å²) in [6.45, 7) is 7.33. The van der Waals surface area contributed by atoms with Gasteiger partial charge in [0, 0.05) is 19.0 Å². The number of nitrogens with one attached hydrogen (secondary N) is 2. The SMILES string of the molecule is CCC(CC)C(=O)Nc1ccc(Nc2ccccc2N2CCOCC2)cn1. The van der Waals surface area contributed by atoms with Gasteiger partial charge in [-0.1, -0.05) is 26.0 Å². The average molecular weight is 368 g/mol. The van der Waals surface area contributed by atoms with Gasteiger partial charge in [-0.25, -0.2) is 4.98 Å². The molecule has 1 aliphatic heterocycles. The number of benzene rings is 1. The third kappa shape index (κ3) is 4.98. The molecule has 0 unspecified atom stereocenters. The summed E-state index contributed by atoms with van der Waals surface area (Å²) in [7, 11) is 0. The average Bonchev–Trinajstić information content (AvgIpc) is 2.71. The second kappa shape index (κ2) is 9.37. The first-order chi connectivity index (χ1) is 13.2. The van der Waals surface area contributed by atoms with Gasteiger partial charge >= 0.3 is 0 Å². The smallest absolute Gasteiger partial charge is 0.228 e. The maximum Gasteiger partial charge on any atom is 0.228 e. The number of hydrogen-bond acceptors (Lipinski definition) is 5. The highest BCUT2D eigenvalue weighted by atomic mass is 16.5. The Morgan fingerprint density at radius 2 is 1.89 bits per heavy atom. The van der Waals surface area contributed by atoms with Crippen LogP contribution in [0.25, 0.3) is 0 Å². The molecule has 1 aliphatic rings. The third-order valence-electron chi connectivity index (χ3n) is 4.91. The minimum absolute atomic E-state index is 0.0324. The number of anilines is 4. The lowest BCUT2D eigenvalue weighted by atomic mass is 10.0. The monoisotopic (exact) mass is 368 g/mol. The highest BCUT2D eigenvalue weighted by molar-refractivity contribution is 5.91. The van der Waals surface area contributed by atoms with E-state index in [1.54, 1.807) is 6.20 Å². The van der Waals surface area contributed by atoms with Crippen molar-refractivity contribution in [1.29, 1.82) is 0 Å². The normalized spacial score (nSPS) is 14.3. The van der Waals surface area contributed by atoms with Crippen LogP contribution in [0, 0.1) is 5.92 Å². The summed E-state index contributed by atoms with van der Waals surface area (Å²) in [5, 5.41) is 6.34. The molecular formula is C21H28N4O2. The first-order valence-corrected chi connectivity index (χ1v) is 9.67. The number of hydrogen-bond donors (Lipinski definition) is 2. The van der Waals surface area contributed by atoms with Crippen LogP contribution in [0.2, 0.25) is 0 Å². The Hall–Kier alpha value is -2.60. The summed E-state index contributed by atoms with van der Waals surface area (Å²) in [5.41, 5.74) is 3.08. The van der Waals surface area contributed by atoms with Gasteiger partial charge in [0.2, 0.25) is 5.91 Å². The number of aromatic nitrogens is 1. The van der Waals surface area contributed by atoms with Crippen molar-refractivity contribution in [3.63, 3.8) is 0 Å². The number of carbonyl (C=O) groups excluding carboxylic acids is 1. The second-order valence-corrected chi connectivity index (χ2v) is 6.68. The Morgan fingerprint density at radius 3 is 2.56 bits per heavy atom. The molecule has 0 radical (unpaired) electrons. The Bertz CT molecular complexity index is 738. The van der Waals surface area contributed by atoms with Gasteiger partial charge in [-0.15, -0.1) is 0 Å². The van der Waals surface area contributed by atoms with Gasteiger partial charge in [-0.3, -0.25) is 4.79 Å². The van der Waals surface area contributed by atoms with Crippen molar-refractivity contribution in [2.45, 2.75) is 26.7 Å². The van der Waals surface area contributed by atoms with E-state index in [2.05, 4.69) is 32.7 Å². The quantitative estimate of drug-likeness (QED) is 0.772. The van der Waals surface area contributed by atoms with E-state index >= 15 is 0 Å². The molecule has 0 saturated carbocycles. The summed E-state index contributed by atoms with van der Waals surface area (Å²) in [4.78, 5) is 18.9. The van der Waals surface area contributed by atoms with Crippen LogP contribution in [0.1, 0.15) is 26.7 Å². The Kier molecular flexibility index (Phi) is 6.65. The molecule has 2 heterocycles. The number of morpholine rings is 1. The first-order valence-electron chi connectivity index (χ1n) is 9.67. The van der Waals surface area contributed by atoms with Crippen LogP contribution in [0.4, 0.5) is 22.9 Å². The second-order valence-electron chi connectivity index (χ2n) is 6.68. The van der Waals surface area contributed by atoms with Crippen LogP contribution in [0.3, 0.4) is 0 Å². The zero-order chi connectivity index (χ0) is 19.1. The summed E-state index contributed by atoms with van der Waals surface area (Å²) in [5.74, 6) is 0.648. The fourth-order valence-corrected chi connectivity index (χ4v) is 3.24. The molecule has 27 heavy (non-hydrogen) atoms. The lowest BCUT2D eigenvalue weighted by Crippen LogP contribution is -2.36. The molecule has 144 valence electrons. The molecule has 6 nitrogen and oxygen atoms in total. The van der Waals surface area contributed by atoms with E-state index in [0.717, 1.165) is 56.2 Å². The zero-order valence-corrected chi connectivity index (χ0v) is 16.1. The molecule has 1 saturated heterocycles. The maximum absolute atomic E-state index is 12.2. The predicted molar refractivity (Wildman–Crippen MR) is 110 cm³/mol. The lowest BCUT2D eigenvalue weighted by molar-refractivity contribution is -0.120. The van der Waals surface area contributed by atoms with Crippen LogP contribution in [0.5, 0.6) is 0 Å². The molecule has 3 rings (SSSR count). The van der Waals surface area contributed by atoms with Gasteiger partial charge in [0.25, 0.3) is 0 Å². The van der Waals surface area contributed by atoms with Gasteiger partial charge in [-0.05, 0) is 37.1 Å². The molecule has 6 heteroatoms. The van der Waals surface area contributed by atoms with Crippen molar-refractivity contribution < 1.29 is 9.53 Å². The molecule has 1 aromatic heterocycles. The van der Waals surface area contributed by atoms with Gasteiger partial charge in [0.05, 0.1) is 36.5 Å². The van der Waals surface area contributed by atoms with Crippen molar-refractivity contribution >= 4 is 28.8 Å². The van der Waals surface area contributed by atoms with E-state index < -0.39 is 0 Å². The third-order valence-corrected chi connectivity index (χ3v) is 4.91. The first kappa shape index (κ1) is 19.2. The summed E-state index contributed by atoms with van der Waals surface area (Å²) < 4.78 is 5.45. The largest absolute Gasteiger partial charge is 0.378 e. The number of amides is 1. The Labute approximate surface area is 160 Å². The Balaban J connectivity index is 1.67. The lowest BCUT2D eigenvalue weighted by Gasteiger charge is -2.30. The van der Waals surface area contributed by atoms with Crippen LogP contribution in [-0.4, -0.2) is 37.2 Å². The van der Waals surface area contributed by atoms with Crippen LogP contribution < -0.4 is 15.5 Å². The van der Waals surface area contributed by atoms with E-state index in [-0.39, 0.29) is 11.8 Å². The molecular weight excluding hydrogens is 340 g/mol. The summed E-state index contributed by atoms with van der Waals surface area (Å²) in [6.07, 6.45) is 3.42. The fourth-order valence-electron chi connectivity index (χ4n) is 3.24. The van der Waals surface area contributed by atoms with Gasteiger partial charge < -0.3 is 20.3 Å². The number of rotatable bonds is 7. The maximum atomic E-state index is 12.2. The van der Waals surface area contributed by atoms with Gasteiger partial charge in [0.1, 0.15) is 5.82 Å². The van der Waals surface area contributed by atoms with Crippen molar-refractivity contribution in [3.8, 4) is 0 Å². The standard InChI is InChI=1S/C21H28N4O2/c1-3-16(4-2)21(26)24-20-10-9-17(15-22-20)23-18-7-5-6-8-19(18)25-11-13-27-14-12-25/h5-10,15-16,23H,3-4,11-14H2,1-2H3,(H,22,24,26). The number of carbonyl (C=O) groups is 1. The van der Waals surface area contributed by atoms with Crippen LogP contribution in [0.15, 0.2) is 42.6 Å². The zero-order valence-electron chi connectivity index (χ0n) is 16.1.